The Labute approximate surface area is 280 Å². The third kappa shape index (κ3) is 27.7. The van der Waals surface area contributed by atoms with Gasteiger partial charge in [0.1, 0.15) is 0 Å². The number of aliphatic hydroxyl groups excluding tert-OH is 1. The highest BCUT2D eigenvalue weighted by molar-refractivity contribution is 5.73. The molecule has 1 unspecified atom stereocenters. The summed E-state index contributed by atoms with van der Waals surface area (Å²) in [7, 11) is 0. The summed E-state index contributed by atoms with van der Waals surface area (Å²) in [5.74, 6) is -0.771. The zero-order valence-corrected chi connectivity index (χ0v) is 30.7. The molecule has 0 radical (unpaired) electrons. The van der Waals surface area contributed by atoms with Crippen LogP contribution in [-0.4, -0.2) is 36.9 Å². The third-order valence-electron chi connectivity index (χ3n) is 9.47. The number of aliphatic hydroxyl groups is 1. The first-order valence-electron chi connectivity index (χ1n) is 20.0. The van der Waals surface area contributed by atoms with Crippen LogP contribution in [0.5, 0.6) is 0 Å². The fourth-order valence-electron chi connectivity index (χ4n) is 6.23. The average molecular weight is 639 g/mol. The number of esters is 2. The second kappa shape index (κ2) is 34.2. The van der Waals surface area contributed by atoms with E-state index in [0.717, 1.165) is 51.4 Å². The number of hydrogen-bond acceptors (Lipinski definition) is 5. The first-order valence-corrected chi connectivity index (χ1v) is 20.0. The lowest BCUT2D eigenvalue weighted by atomic mass is 9.94. The van der Waals surface area contributed by atoms with Crippen molar-refractivity contribution in [2.24, 2.45) is 17.8 Å². The summed E-state index contributed by atoms with van der Waals surface area (Å²) >= 11 is 0. The van der Waals surface area contributed by atoms with E-state index in [2.05, 4.69) is 27.7 Å². The van der Waals surface area contributed by atoms with E-state index in [4.69, 9.17) is 9.47 Å². The van der Waals surface area contributed by atoms with Crippen LogP contribution in [-0.2, 0) is 19.1 Å². The molecule has 5 heteroatoms. The van der Waals surface area contributed by atoms with Crippen molar-refractivity contribution in [2.75, 3.05) is 19.8 Å². The lowest BCUT2D eigenvalue weighted by Gasteiger charge is -2.21. The molecule has 3 atom stereocenters. The van der Waals surface area contributed by atoms with Gasteiger partial charge in [0.25, 0.3) is 0 Å². The molecule has 0 saturated heterocycles. The Bertz CT molecular complexity index is 584. The van der Waals surface area contributed by atoms with Crippen molar-refractivity contribution in [3.05, 3.63) is 0 Å². The Morgan fingerprint density at radius 3 is 0.911 bits per heavy atom. The number of ether oxygens (including phenoxy) is 2. The fraction of sp³-hybridized carbons (Fsp3) is 0.950. The monoisotopic (exact) mass is 639 g/mol. The predicted octanol–water partition coefficient (Wildman–Crippen LogP) is 11.9. The highest BCUT2D eigenvalue weighted by Crippen LogP contribution is 2.23. The van der Waals surface area contributed by atoms with Crippen LogP contribution in [0.3, 0.4) is 0 Å². The van der Waals surface area contributed by atoms with Gasteiger partial charge in [0.15, 0.2) is 0 Å². The van der Waals surface area contributed by atoms with E-state index in [0.29, 0.717) is 0 Å². The normalized spacial score (nSPS) is 13.4. The summed E-state index contributed by atoms with van der Waals surface area (Å²) in [6.45, 7) is 9.01. The van der Waals surface area contributed by atoms with Gasteiger partial charge in [0.2, 0.25) is 0 Å². The summed E-state index contributed by atoms with van der Waals surface area (Å²) in [5.41, 5.74) is 0. The minimum absolute atomic E-state index is 0.0665. The van der Waals surface area contributed by atoms with Crippen molar-refractivity contribution < 1.29 is 24.2 Å². The second-order valence-electron chi connectivity index (χ2n) is 13.9. The number of carbonyl (C=O) groups is 2. The summed E-state index contributed by atoms with van der Waals surface area (Å²) in [5, 5.41) is 10.0. The highest BCUT2D eigenvalue weighted by atomic mass is 16.5. The van der Waals surface area contributed by atoms with Crippen molar-refractivity contribution >= 4 is 11.9 Å². The molecule has 0 aromatic heterocycles. The van der Waals surface area contributed by atoms with Gasteiger partial charge in [-0.25, -0.2) is 0 Å². The maximum absolute atomic E-state index is 13.1. The van der Waals surface area contributed by atoms with Crippen LogP contribution in [0.4, 0.5) is 0 Å². The maximum Gasteiger partial charge on any atom is 0.308 e. The Hall–Kier alpha value is -1.10. The summed E-state index contributed by atoms with van der Waals surface area (Å²) in [6, 6.07) is 0. The molecule has 0 bridgehead atoms. The molecule has 1 N–H and O–H groups in total. The molecular weight excluding hydrogens is 560 g/mol. The molecule has 0 rings (SSSR count). The molecule has 0 aromatic carbocycles. The topological polar surface area (TPSA) is 72.8 Å². The molecule has 0 aromatic rings. The number of hydrogen-bond donors (Lipinski definition) is 1. The van der Waals surface area contributed by atoms with Gasteiger partial charge in [-0.3, -0.25) is 9.59 Å². The zero-order valence-electron chi connectivity index (χ0n) is 30.7. The van der Waals surface area contributed by atoms with Crippen LogP contribution in [0, 0.1) is 17.8 Å². The molecule has 0 amide bonds. The van der Waals surface area contributed by atoms with E-state index in [1.807, 2.05) is 0 Å². The maximum atomic E-state index is 13.1. The third-order valence-corrected chi connectivity index (χ3v) is 9.47. The van der Waals surface area contributed by atoms with E-state index < -0.39 is 0 Å². The van der Waals surface area contributed by atoms with Gasteiger partial charge in [0, 0.05) is 0 Å². The van der Waals surface area contributed by atoms with Gasteiger partial charge in [-0.15, -0.1) is 0 Å². The average Bonchev–Trinajstić information content (AvgIpc) is 3.05. The smallest absolute Gasteiger partial charge is 0.308 e. The van der Waals surface area contributed by atoms with Gasteiger partial charge in [-0.2, -0.15) is 0 Å². The van der Waals surface area contributed by atoms with E-state index in [-0.39, 0.29) is 49.5 Å². The molecule has 5 nitrogen and oxygen atoms in total. The van der Waals surface area contributed by atoms with Crippen molar-refractivity contribution in [3.8, 4) is 0 Å². The van der Waals surface area contributed by atoms with Crippen LogP contribution < -0.4 is 0 Å². The Morgan fingerprint density at radius 2 is 0.667 bits per heavy atom. The van der Waals surface area contributed by atoms with E-state index >= 15 is 0 Å². The zero-order chi connectivity index (χ0) is 33.2. The molecule has 0 fully saturated rings. The summed E-state index contributed by atoms with van der Waals surface area (Å²) in [4.78, 5) is 26.3. The van der Waals surface area contributed by atoms with Gasteiger partial charge >= 0.3 is 11.9 Å². The first-order chi connectivity index (χ1) is 22.0. The number of rotatable bonds is 35. The van der Waals surface area contributed by atoms with Gasteiger partial charge in [-0.05, 0) is 25.7 Å². The largest absolute Gasteiger partial charge is 0.465 e. The first kappa shape index (κ1) is 43.9. The Kier molecular flexibility index (Phi) is 33.4. The van der Waals surface area contributed by atoms with Crippen LogP contribution in [0.2, 0.25) is 0 Å². The minimum Gasteiger partial charge on any atom is -0.465 e. The molecule has 0 aliphatic heterocycles. The van der Waals surface area contributed by atoms with E-state index in [1.54, 1.807) is 0 Å². The Balaban J connectivity index is 4.78. The molecular formula is C40H78O5. The van der Waals surface area contributed by atoms with Crippen molar-refractivity contribution in [2.45, 2.75) is 207 Å². The fourth-order valence-corrected chi connectivity index (χ4v) is 6.23. The molecule has 45 heavy (non-hydrogen) atoms. The molecule has 268 valence electrons. The molecule has 0 aliphatic carbocycles. The second-order valence-corrected chi connectivity index (χ2v) is 13.9. The lowest BCUT2D eigenvalue weighted by molar-refractivity contribution is -0.155. The lowest BCUT2D eigenvalue weighted by Crippen LogP contribution is -2.28. The molecule has 0 heterocycles. The van der Waals surface area contributed by atoms with Gasteiger partial charge in [-0.1, -0.05) is 182 Å². The van der Waals surface area contributed by atoms with Gasteiger partial charge in [0.05, 0.1) is 37.6 Å². The van der Waals surface area contributed by atoms with E-state index in [1.165, 1.54) is 128 Å². The summed E-state index contributed by atoms with van der Waals surface area (Å²) in [6.07, 6.45) is 32.7. The van der Waals surface area contributed by atoms with Crippen molar-refractivity contribution in [3.63, 3.8) is 0 Å². The van der Waals surface area contributed by atoms with Gasteiger partial charge < -0.3 is 14.6 Å². The van der Waals surface area contributed by atoms with Crippen LogP contribution in [0.15, 0.2) is 0 Å². The van der Waals surface area contributed by atoms with Crippen LogP contribution in [0.25, 0.3) is 0 Å². The number of carbonyl (C=O) groups excluding carboxylic acids is 2. The highest BCUT2D eigenvalue weighted by Gasteiger charge is 2.24. The van der Waals surface area contributed by atoms with E-state index in [9.17, 15) is 14.7 Å². The predicted molar refractivity (Wildman–Crippen MR) is 191 cm³/mol. The summed E-state index contributed by atoms with van der Waals surface area (Å²) < 4.78 is 11.5. The molecule has 0 aliphatic rings. The SMILES string of the molecule is CCCCCCCCC[C@@H](CCCCCCC)C(=O)OCC(CO)COC(=O)[C@@H](CCCCCCC)CCCCCCCCC. The van der Waals surface area contributed by atoms with Crippen LogP contribution in [0.1, 0.15) is 207 Å². The quantitative estimate of drug-likeness (QED) is 0.0552. The Morgan fingerprint density at radius 1 is 0.422 bits per heavy atom. The standard InChI is InChI=1S/C40H78O5/c1-5-9-13-17-19-23-27-31-37(29-25-21-15-11-7-3)39(42)44-34-36(33-41)35-45-40(43)38(30-26-22-16-12-8-4)32-28-24-20-18-14-10-6-2/h36-38,41H,5-35H2,1-4H3/t36?,37-,38+. The van der Waals surface area contributed by atoms with Crippen molar-refractivity contribution in [1.29, 1.82) is 0 Å². The molecule has 0 spiro atoms. The minimum atomic E-state index is -0.370. The van der Waals surface area contributed by atoms with Crippen LogP contribution >= 0.6 is 0 Å². The molecule has 0 saturated carbocycles. The van der Waals surface area contributed by atoms with Crippen molar-refractivity contribution in [1.82, 2.24) is 0 Å². The number of unbranched alkanes of at least 4 members (excludes halogenated alkanes) is 20.